The predicted octanol–water partition coefficient (Wildman–Crippen LogP) is 2.07. The summed E-state index contributed by atoms with van der Waals surface area (Å²) in [5, 5.41) is 6.42. The quantitative estimate of drug-likeness (QED) is 0.591. The zero-order valence-corrected chi connectivity index (χ0v) is 10.7. The molecular formula is C13H26N2O. The van der Waals surface area contributed by atoms with Gasteiger partial charge in [0, 0.05) is 12.5 Å². The minimum Gasteiger partial charge on any atom is -0.353 e. The lowest BCUT2D eigenvalue weighted by Crippen LogP contribution is -2.27. The normalized spacial score (nSPS) is 17.1. The van der Waals surface area contributed by atoms with Crippen LogP contribution in [-0.2, 0) is 4.79 Å². The Kier molecular flexibility index (Phi) is 6.46. The minimum atomic E-state index is 0.228. The Hall–Kier alpha value is -0.570. The van der Waals surface area contributed by atoms with E-state index in [-0.39, 0.29) is 5.91 Å². The molecule has 0 bridgehead atoms. The van der Waals surface area contributed by atoms with Crippen molar-refractivity contribution >= 4 is 5.91 Å². The van der Waals surface area contributed by atoms with Crippen LogP contribution in [0.1, 0.15) is 52.4 Å². The van der Waals surface area contributed by atoms with Crippen molar-refractivity contribution in [3.05, 3.63) is 0 Å². The molecule has 0 spiro atoms. The molecule has 0 saturated heterocycles. The average Bonchev–Trinajstić information content (AvgIpc) is 3.01. The largest absolute Gasteiger partial charge is 0.353 e. The van der Waals surface area contributed by atoms with Crippen LogP contribution in [0.25, 0.3) is 0 Å². The lowest BCUT2D eigenvalue weighted by Gasteiger charge is -2.11. The molecule has 1 fully saturated rings. The van der Waals surface area contributed by atoms with Crippen molar-refractivity contribution in [2.75, 3.05) is 13.1 Å². The topological polar surface area (TPSA) is 41.1 Å². The second-order valence-electron chi connectivity index (χ2n) is 5.04. The lowest BCUT2D eigenvalue weighted by molar-refractivity contribution is -0.121. The molecular weight excluding hydrogens is 200 g/mol. The Bertz CT molecular complexity index is 202. The van der Waals surface area contributed by atoms with Crippen LogP contribution in [0.15, 0.2) is 0 Å². The lowest BCUT2D eigenvalue weighted by atomic mass is 10.1. The van der Waals surface area contributed by atoms with Crippen LogP contribution in [0.4, 0.5) is 0 Å². The highest BCUT2D eigenvalue weighted by molar-refractivity contribution is 5.76. The number of carbonyl (C=O) groups is 1. The summed E-state index contributed by atoms with van der Waals surface area (Å²) < 4.78 is 0. The Morgan fingerprint density at radius 3 is 2.81 bits per heavy atom. The first-order valence-corrected chi connectivity index (χ1v) is 6.72. The fourth-order valence-corrected chi connectivity index (χ4v) is 1.84. The number of hydrogen-bond donors (Lipinski definition) is 2. The molecule has 0 aromatic rings. The molecule has 2 N–H and O–H groups in total. The van der Waals surface area contributed by atoms with Gasteiger partial charge in [-0.1, -0.05) is 20.3 Å². The molecule has 1 unspecified atom stereocenters. The smallest absolute Gasteiger partial charge is 0.220 e. The van der Waals surface area contributed by atoms with E-state index in [9.17, 15) is 4.79 Å². The molecule has 16 heavy (non-hydrogen) atoms. The number of amides is 1. The second kappa shape index (κ2) is 7.66. The third-order valence-corrected chi connectivity index (χ3v) is 2.97. The van der Waals surface area contributed by atoms with Crippen molar-refractivity contribution in [3.8, 4) is 0 Å². The van der Waals surface area contributed by atoms with Gasteiger partial charge in [0.25, 0.3) is 0 Å². The van der Waals surface area contributed by atoms with Gasteiger partial charge in [-0.2, -0.15) is 0 Å². The van der Waals surface area contributed by atoms with Crippen LogP contribution < -0.4 is 10.6 Å². The molecule has 0 radical (unpaired) electrons. The second-order valence-corrected chi connectivity index (χ2v) is 5.04. The number of hydrogen-bond acceptors (Lipinski definition) is 2. The fraction of sp³-hybridized carbons (Fsp3) is 0.923. The monoisotopic (exact) mass is 226 g/mol. The van der Waals surface area contributed by atoms with Gasteiger partial charge in [0.15, 0.2) is 0 Å². The molecule has 1 atom stereocenters. The number of carbonyl (C=O) groups excluding carboxylic acids is 1. The van der Waals surface area contributed by atoms with E-state index in [2.05, 4.69) is 24.5 Å². The van der Waals surface area contributed by atoms with Gasteiger partial charge < -0.3 is 10.6 Å². The maximum atomic E-state index is 11.4. The molecule has 1 aliphatic rings. The molecule has 0 aromatic carbocycles. The van der Waals surface area contributed by atoms with E-state index < -0.39 is 0 Å². The Labute approximate surface area is 99.4 Å². The van der Waals surface area contributed by atoms with Crippen LogP contribution in [-0.4, -0.2) is 25.0 Å². The van der Waals surface area contributed by atoms with E-state index in [1.807, 2.05) is 0 Å². The van der Waals surface area contributed by atoms with Crippen molar-refractivity contribution < 1.29 is 4.79 Å². The standard InChI is InChI=1S/C13H26N2O/c1-3-5-11(2)10-14-9-4-6-13(16)15-12-7-8-12/h11-12,14H,3-10H2,1-2H3,(H,15,16). The van der Waals surface area contributed by atoms with Crippen molar-refractivity contribution in [1.82, 2.24) is 10.6 Å². The van der Waals surface area contributed by atoms with Crippen molar-refractivity contribution in [2.45, 2.75) is 58.4 Å². The first-order chi connectivity index (χ1) is 7.72. The highest BCUT2D eigenvalue weighted by atomic mass is 16.1. The van der Waals surface area contributed by atoms with Crippen molar-refractivity contribution in [3.63, 3.8) is 0 Å². The van der Waals surface area contributed by atoms with E-state index in [1.165, 1.54) is 25.7 Å². The summed E-state index contributed by atoms with van der Waals surface area (Å²) in [6.45, 7) is 6.54. The van der Waals surface area contributed by atoms with E-state index in [4.69, 9.17) is 0 Å². The van der Waals surface area contributed by atoms with Crippen LogP contribution >= 0.6 is 0 Å². The minimum absolute atomic E-state index is 0.228. The van der Waals surface area contributed by atoms with Crippen LogP contribution in [0, 0.1) is 5.92 Å². The summed E-state index contributed by atoms with van der Waals surface area (Å²) in [5.41, 5.74) is 0. The Morgan fingerprint density at radius 1 is 1.44 bits per heavy atom. The van der Waals surface area contributed by atoms with E-state index in [0.717, 1.165) is 25.4 Å². The van der Waals surface area contributed by atoms with Crippen LogP contribution in [0.3, 0.4) is 0 Å². The summed E-state index contributed by atoms with van der Waals surface area (Å²) in [4.78, 5) is 11.4. The number of nitrogens with one attached hydrogen (secondary N) is 2. The number of rotatable bonds is 9. The maximum Gasteiger partial charge on any atom is 0.220 e. The average molecular weight is 226 g/mol. The van der Waals surface area contributed by atoms with Crippen molar-refractivity contribution in [2.24, 2.45) is 5.92 Å². The van der Waals surface area contributed by atoms with Gasteiger partial charge >= 0.3 is 0 Å². The van der Waals surface area contributed by atoms with Gasteiger partial charge in [0.1, 0.15) is 0 Å². The summed E-state index contributed by atoms with van der Waals surface area (Å²) in [7, 11) is 0. The molecule has 1 amide bonds. The molecule has 3 nitrogen and oxygen atoms in total. The highest BCUT2D eigenvalue weighted by Gasteiger charge is 2.22. The molecule has 1 aliphatic carbocycles. The van der Waals surface area contributed by atoms with Gasteiger partial charge in [-0.05, 0) is 44.7 Å². The zero-order chi connectivity index (χ0) is 11.8. The summed E-state index contributed by atoms with van der Waals surface area (Å²) in [5.74, 6) is 0.983. The van der Waals surface area contributed by atoms with E-state index >= 15 is 0 Å². The maximum absolute atomic E-state index is 11.4. The third kappa shape index (κ3) is 6.83. The molecule has 94 valence electrons. The molecule has 1 saturated carbocycles. The summed E-state index contributed by atoms with van der Waals surface area (Å²) in [6.07, 6.45) is 6.53. The first-order valence-electron chi connectivity index (χ1n) is 6.72. The Balaban J connectivity index is 1.84. The van der Waals surface area contributed by atoms with Gasteiger partial charge in [0.2, 0.25) is 5.91 Å². The highest BCUT2D eigenvalue weighted by Crippen LogP contribution is 2.18. The van der Waals surface area contributed by atoms with Gasteiger partial charge in [0.05, 0.1) is 0 Å². The van der Waals surface area contributed by atoms with Crippen molar-refractivity contribution in [1.29, 1.82) is 0 Å². The van der Waals surface area contributed by atoms with Crippen LogP contribution in [0.5, 0.6) is 0 Å². The summed E-state index contributed by atoms with van der Waals surface area (Å²) >= 11 is 0. The molecule has 1 rings (SSSR count). The third-order valence-electron chi connectivity index (χ3n) is 2.97. The van der Waals surface area contributed by atoms with Crippen LogP contribution in [0.2, 0.25) is 0 Å². The predicted molar refractivity (Wildman–Crippen MR) is 67.3 cm³/mol. The SMILES string of the molecule is CCCC(C)CNCCCC(=O)NC1CC1. The molecule has 0 aromatic heterocycles. The molecule has 0 heterocycles. The fourth-order valence-electron chi connectivity index (χ4n) is 1.84. The first kappa shape index (κ1) is 13.5. The van der Waals surface area contributed by atoms with Gasteiger partial charge in [-0.3, -0.25) is 4.79 Å². The van der Waals surface area contributed by atoms with Gasteiger partial charge in [-0.15, -0.1) is 0 Å². The Morgan fingerprint density at radius 2 is 2.19 bits per heavy atom. The van der Waals surface area contributed by atoms with E-state index in [1.54, 1.807) is 0 Å². The summed E-state index contributed by atoms with van der Waals surface area (Å²) in [6, 6.07) is 0.505. The van der Waals surface area contributed by atoms with Gasteiger partial charge in [-0.25, -0.2) is 0 Å². The molecule has 3 heteroatoms. The van der Waals surface area contributed by atoms with E-state index in [0.29, 0.717) is 12.5 Å². The molecule has 0 aliphatic heterocycles. The zero-order valence-electron chi connectivity index (χ0n) is 10.7.